The normalized spacial score (nSPS) is 12.1. The van der Waals surface area contributed by atoms with Gasteiger partial charge in [0.25, 0.3) is 11.5 Å². The molecule has 2 aromatic carbocycles. The highest BCUT2D eigenvalue weighted by Gasteiger charge is 2.17. The van der Waals surface area contributed by atoms with E-state index >= 15 is 0 Å². The van der Waals surface area contributed by atoms with Gasteiger partial charge in [-0.3, -0.25) is 9.59 Å². The van der Waals surface area contributed by atoms with Crippen LogP contribution in [-0.2, 0) is 0 Å². The lowest BCUT2D eigenvalue weighted by Gasteiger charge is -2.16. The number of aromatic amines is 1. The highest BCUT2D eigenvalue weighted by molar-refractivity contribution is 6.06. The number of rotatable bonds is 3. The van der Waals surface area contributed by atoms with Crippen molar-refractivity contribution in [1.82, 2.24) is 10.3 Å². The molecule has 0 spiro atoms. The van der Waals surface area contributed by atoms with Crippen LogP contribution in [0.1, 0.15) is 28.9 Å². The topological polar surface area (TPSA) is 62.0 Å². The Morgan fingerprint density at radius 3 is 2.54 bits per heavy atom. The molecule has 0 saturated heterocycles. The van der Waals surface area contributed by atoms with Gasteiger partial charge in [-0.15, -0.1) is 0 Å². The molecule has 1 aromatic heterocycles. The number of carbonyl (C=O) groups is 1. The summed E-state index contributed by atoms with van der Waals surface area (Å²) in [5.74, 6) is -1.87. The number of benzene rings is 2. The van der Waals surface area contributed by atoms with E-state index in [4.69, 9.17) is 0 Å². The minimum absolute atomic E-state index is 0.179. The Morgan fingerprint density at radius 1 is 1.12 bits per heavy atom. The molecular formula is C18H14F2N2O2. The van der Waals surface area contributed by atoms with E-state index in [-0.39, 0.29) is 16.7 Å². The first kappa shape index (κ1) is 15.9. The second-order valence-corrected chi connectivity index (χ2v) is 5.44. The van der Waals surface area contributed by atoms with E-state index in [9.17, 15) is 18.4 Å². The molecule has 0 aliphatic rings. The SMILES string of the molecule is CC(NC(=O)c1c[nH]c(=O)c2ccccc12)c1ccc(F)cc1F. The molecule has 4 nitrogen and oxygen atoms in total. The molecule has 3 aromatic rings. The largest absolute Gasteiger partial charge is 0.345 e. The molecule has 0 aliphatic carbocycles. The van der Waals surface area contributed by atoms with Crippen LogP contribution in [0.2, 0.25) is 0 Å². The van der Waals surface area contributed by atoms with Crippen molar-refractivity contribution in [1.29, 1.82) is 0 Å². The number of nitrogens with one attached hydrogen (secondary N) is 2. The first-order valence-corrected chi connectivity index (χ1v) is 7.33. The molecule has 1 heterocycles. The van der Waals surface area contributed by atoms with Gasteiger partial charge in [-0.05, 0) is 19.1 Å². The summed E-state index contributed by atoms with van der Waals surface area (Å²) in [6.07, 6.45) is 1.33. The molecule has 2 N–H and O–H groups in total. The fraction of sp³-hybridized carbons (Fsp3) is 0.111. The fourth-order valence-corrected chi connectivity index (χ4v) is 2.60. The lowest BCUT2D eigenvalue weighted by atomic mass is 10.0. The number of amides is 1. The molecule has 0 aliphatic heterocycles. The van der Waals surface area contributed by atoms with Crippen molar-refractivity contribution in [2.75, 3.05) is 0 Å². The van der Waals surface area contributed by atoms with Gasteiger partial charge in [-0.2, -0.15) is 0 Å². The molecule has 1 amide bonds. The summed E-state index contributed by atoms with van der Waals surface area (Å²) >= 11 is 0. The van der Waals surface area contributed by atoms with Gasteiger partial charge in [-0.1, -0.05) is 24.3 Å². The number of aromatic nitrogens is 1. The Labute approximate surface area is 136 Å². The second kappa shape index (κ2) is 6.23. The van der Waals surface area contributed by atoms with E-state index in [1.165, 1.54) is 12.3 Å². The number of carbonyl (C=O) groups excluding carboxylic acids is 1. The van der Waals surface area contributed by atoms with Crippen molar-refractivity contribution < 1.29 is 13.6 Å². The predicted octanol–water partition coefficient (Wildman–Crippen LogP) is 3.30. The van der Waals surface area contributed by atoms with E-state index in [2.05, 4.69) is 10.3 Å². The third-order valence-corrected chi connectivity index (χ3v) is 3.83. The van der Waals surface area contributed by atoms with Crippen LogP contribution in [0, 0.1) is 11.6 Å². The molecule has 24 heavy (non-hydrogen) atoms. The van der Waals surface area contributed by atoms with Gasteiger partial charge < -0.3 is 10.3 Å². The van der Waals surface area contributed by atoms with Gasteiger partial charge in [0.05, 0.1) is 11.6 Å². The summed E-state index contributed by atoms with van der Waals surface area (Å²) in [5, 5.41) is 3.56. The number of hydrogen-bond donors (Lipinski definition) is 2. The Hall–Kier alpha value is -3.02. The van der Waals surface area contributed by atoms with Crippen molar-refractivity contribution in [2.24, 2.45) is 0 Å². The molecule has 3 rings (SSSR count). The average Bonchev–Trinajstić information content (AvgIpc) is 2.55. The molecule has 0 saturated carbocycles. The van der Waals surface area contributed by atoms with Crippen LogP contribution in [0.3, 0.4) is 0 Å². The highest BCUT2D eigenvalue weighted by Crippen LogP contribution is 2.20. The first-order chi connectivity index (χ1) is 11.5. The van der Waals surface area contributed by atoms with Crippen LogP contribution in [-0.4, -0.2) is 10.9 Å². The molecule has 1 atom stereocenters. The molecule has 0 radical (unpaired) electrons. The summed E-state index contributed by atoms with van der Waals surface area (Å²) in [7, 11) is 0. The zero-order chi connectivity index (χ0) is 17.3. The van der Waals surface area contributed by atoms with Crippen LogP contribution in [0.5, 0.6) is 0 Å². The third-order valence-electron chi connectivity index (χ3n) is 3.83. The van der Waals surface area contributed by atoms with E-state index in [0.29, 0.717) is 10.8 Å². The molecule has 1 unspecified atom stereocenters. The number of H-pyrrole nitrogens is 1. The monoisotopic (exact) mass is 328 g/mol. The van der Waals surface area contributed by atoms with E-state index < -0.39 is 23.6 Å². The Bertz CT molecular complexity index is 982. The van der Waals surface area contributed by atoms with Gasteiger partial charge in [0.1, 0.15) is 11.6 Å². The fourth-order valence-electron chi connectivity index (χ4n) is 2.60. The lowest BCUT2D eigenvalue weighted by Crippen LogP contribution is -2.28. The van der Waals surface area contributed by atoms with E-state index in [0.717, 1.165) is 12.1 Å². The van der Waals surface area contributed by atoms with Gasteiger partial charge in [-0.25, -0.2) is 8.78 Å². The Kier molecular flexibility index (Phi) is 4.12. The van der Waals surface area contributed by atoms with Crippen molar-refractivity contribution in [2.45, 2.75) is 13.0 Å². The van der Waals surface area contributed by atoms with Crippen molar-refractivity contribution in [3.63, 3.8) is 0 Å². The number of pyridine rings is 1. The first-order valence-electron chi connectivity index (χ1n) is 7.33. The van der Waals surface area contributed by atoms with Crippen LogP contribution in [0.4, 0.5) is 8.78 Å². The lowest BCUT2D eigenvalue weighted by molar-refractivity contribution is 0.0940. The number of hydrogen-bond acceptors (Lipinski definition) is 2. The van der Waals surface area contributed by atoms with Crippen molar-refractivity contribution >= 4 is 16.7 Å². The summed E-state index contributed by atoms with van der Waals surface area (Å²) in [4.78, 5) is 26.8. The van der Waals surface area contributed by atoms with Crippen molar-refractivity contribution in [3.8, 4) is 0 Å². The smallest absolute Gasteiger partial charge is 0.255 e. The Balaban J connectivity index is 1.93. The van der Waals surface area contributed by atoms with Crippen LogP contribution in [0.25, 0.3) is 10.8 Å². The minimum atomic E-state index is -0.728. The standard InChI is InChI=1S/C18H14F2N2O2/c1-10(12-7-6-11(19)8-16(12)20)22-18(24)15-9-21-17(23)14-5-3-2-4-13(14)15/h2-10H,1H3,(H,21,23)(H,22,24). The molecular weight excluding hydrogens is 314 g/mol. The Morgan fingerprint density at radius 2 is 1.83 bits per heavy atom. The quantitative estimate of drug-likeness (QED) is 0.775. The van der Waals surface area contributed by atoms with Gasteiger partial charge >= 0.3 is 0 Å². The summed E-state index contributed by atoms with van der Waals surface area (Å²) in [6.45, 7) is 1.60. The van der Waals surface area contributed by atoms with Gasteiger partial charge in [0.2, 0.25) is 0 Å². The van der Waals surface area contributed by atoms with Crippen LogP contribution >= 0.6 is 0 Å². The van der Waals surface area contributed by atoms with E-state index in [1.807, 2.05) is 0 Å². The van der Waals surface area contributed by atoms with Gasteiger partial charge in [0.15, 0.2) is 0 Å². The second-order valence-electron chi connectivity index (χ2n) is 5.44. The maximum absolute atomic E-state index is 13.8. The highest BCUT2D eigenvalue weighted by atomic mass is 19.1. The molecule has 6 heteroatoms. The van der Waals surface area contributed by atoms with E-state index in [1.54, 1.807) is 31.2 Å². The molecule has 0 fully saturated rings. The maximum atomic E-state index is 13.8. The predicted molar refractivity (Wildman–Crippen MR) is 86.8 cm³/mol. The number of halogens is 2. The van der Waals surface area contributed by atoms with Crippen LogP contribution in [0.15, 0.2) is 53.5 Å². The molecule has 0 bridgehead atoms. The average molecular weight is 328 g/mol. The zero-order valence-electron chi connectivity index (χ0n) is 12.8. The summed E-state index contributed by atoms with van der Waals surface area (Å²) in [6, 6.07) is 9.25. The third kappa shape index (κ3) is 2.90. The summed E-state index contributed by atoms with van der Waals surface area (Å²) < 4.78 is 26.8. The summed E-state index contributed by atoms with van der Waals surface area (Å²) in [5.41, 5.74) is 0.165. The molecule has 122 valence electrons. The zero-order valence-corrected chi connectivity index (χ0v) is 12.8. The number of fused-ring (bicyclic) bond motifs is 1. The van der Waals surface area contributed by atoms with Crippen LogP contribution < -0.4 is 10.9 Å². The van der Waals surface area contributed by atoms with Crippen molar-refractivity contribution in [3.05, 3.63) is 81.8 Å². The van der Waals surface area contributed by atoms with Gasteiger partial charge in [0, 0.05) is 28.6 Å². The maximum Gasteiger partial charge on any atom is 0.255 e. The minimum Gasteiger partial charge on any atom is -0.345 e.